The van der Waals surface area contributed by atoms with Gasteiger partial charge in [-0.3, -0.25) is 9.59 Å². The number of carbonyl (C=O) groups is 3. The van der Waals surface area contributed by atoms with Gasteiger partial charge in [0.2, 0.25) is 0 Å². The normalized spacial score (nSPS) is 18.5. The Labute approximate surface area is 220 Å². The number of hydrogen-bond donors (Lipinski definition) is 0. The van der Waals surface area contributed by atoms with Crippen LogP contribution >= 0.6 is 23.1 Å². The molecule has 0 bridgehead atoms. The minimum Gasteiger partial charge on any atom is -0.461 e. The molecule has 4 rings (SSSR count). The average Bonchev–Trinajstić information content (AvgIpc) is 3.57. The molecule has 2 aromatic heterocycles. The Balaban J connectivity index is 1.36. The van der Waals surface area contributed by atoms with Gasteiger partial charge in [-0.2, -0.15) is 0 Å². The maximum absolute atomic E-state index is 13.2. The minimum atomic E-state index is -0.540. The summed E-state index contributed by atoms with van der Waals surface area (Å²) in [4.78, 5) is 51.3. The van der Waals surface area contributed by atoms with E-state index in [1.54, 1.807) is 28.6 Å². The molecule has 4 heterocycles. The number of carbonyl (C=O) groups excluding carboxylic acids is 3. The van der Waals surface area contributed by atoms with E-state index in [1.807, 2.05) is 24.8 Å². The number of piperidine rings is 1. The lowest BCUT2D eigenvalue weighted by molar-refractivity contribution is -0.152. The fraction of sp³-hybridized carbons (Fsp3) is 0.500. The molecule has 0 aromatic carbocycles. The molecule has 0 N–H and O–H groups in total. The number of ether oxygens (including phenoxy) is 1. The molecule has 192 valence electrons. The number of likely N-dealkylation sites (tertiary alicyclic amines) is 2. The van der Waals surface area contributed by atoms with Crippen molar-refractivity contribution >= 4 is 40.9 Å². The van der Waals surface area contributed by atoms with Crippen molar-refractivity contribution in [2.45, 2.75) is 62.6 Å². The second kappa shape index (κ2) is 12.0. The lowest BCUT2D eigenvalue weighted by Crippen LogP contribution is -2.42. The summed E-state index contributed by atoms with van der Waals surface area (Å²) in [5.74, 6) is 0.333. The van der Waals surface area contributed by atoms with Gasteiger partial charge >= 0.3 is 5.97 Å². The quantitative estimate of drug-likeness (QED) is 0.285. The number of nitrogens with zero attached hydrogens (tertiary/aromatic N) is 4. The minimum absolute atomic E-state index is 0.00326. The lowest BCUT2D eigenvalue weighted by atomic mass is 9.97. The summed E-state index contributed by atoms with van der Waals surface area (Å²) in [7, 11) is 0. The van der Waals surface area contributed by atoms with E-state index in [0.29, 0.717) is 43.1 Å². The number of thiazole rings is 1. The van der Waals surface area contributed by atoms with Crippen molar-refractivity contribution in [2.75, 3.05) is 25.4 Å². The first kappa shape index (κ1) is 26.3. The summed E-state index contributed by atoms with van der Waals surface area (Å²) in [6, 6.07) is 3.08. The SMILES string of the molecule is C=CCSc1ncccc1C(=O)N1CCC(c2nc(C(=O)N3CCCC3C(=O)OC(C)C)cs2)CC1. The number of esters is 1. The Morgan fingerprint density at radius 3 is 2.72 bits per heavy atom. The zero-order valence-corrected chi connectivity index (χ0v) is 22.4. The van der Waals surface area contributed by atoms with Crippen molar-refractivity contribution in [1.82, 2.24) is 19.8 Å². The number of hydrogen-bond acceptors (Lipinski definition) is 8. The van der Waals surface area contributed by atoms with Crippen molar-refractivity contribution < 1.29 is 19.1 Å². The topological polar surface area (TPSA) is 92.7 Å². The third-order valence-corrected chi connectivity index (χ3v) is 8.36. The highest BCUT2D eigenvalue weighted by molar-refractivity contribution is 7.99. The maximum Gasteiger partial charge on any atom is 0.329 e. The molecule has 36 heavy (non-hydrogen) atoms. The molecule has 10 heteroatoms. The summed E-state index contributed by atoms with van der Waals surface area (Å²) in [5.41, 5.74) is 1.01. The molecule has 1 unspecified atom stereocenters. The Bertz CT molecular complexity index is 1110. The van der Waals surface area contributed by atoms with Crippen LogP contribution < -0.4 is 0 Å². The lowest BCUT2D eigenvalue weighted by Gasteiger charge is -2.31. The van der Waals surface area contributed by atoms with E-state index < -0.39 is 6.04 Å². The van der Waals surface area contributed by atoms with Crippen LogP contribution in [0, 0.1) is 0 Å². The molecular formula is C26H32N4O4S2. The summed E-state index contributed by atoms with van der Waals surface area (Å²) >= 11 is 2.99. The van der Waals surface area contributed by atoms with Crippen LogP contribution in [0.15, 0.2) is 41.4 Å². The molecule has 2 aromatic rings. The molecule has 2 amide bonds. The summed E-state index contributed by atoms with van der Waals surface area (Å²) in [6.07, 6.45) is 6.25. The van der Waals surface area contributed by atoms with Crippen LogP contribution in [0.5, 0.6) is 0 Å². The fourth-order valence-electron chi connectivity index (χ4n) is 4.59. The van der Waals surface area contributed by atoms with E-state index in [1.165, 1.54) is 23.1 Å². The maximum atomic E-state index is 13.2. The van der Waals surface area contributed by atoms with Crippen molar-refractivity contribution in [3.05, 3.63) is 52.6 Å². The molecular weight excluding hydrogens is 496 g/mol. The third kappa shape index (κ3) is 5.98. The molecule has 0 aliphatic carbocycles. The highest BCUT2D eigenvalue weighted by atomic mass is 32.2. The molecule has 2 saturated heterocycles. The predicted molar refractivity (Wildman–Crippen MR) is 140 cm³/mol. The van der Waals surface area contributed by atoms with E-state index in [9.17, 15) is 14.4 Å². The highest BCUT2D eigenvalue weighted by Crippen LogP contribution is 2.32. The number of aromatic nitrogens is 2. The van der Waals surface area contributed by atoms with Gasteiger partial charge in [0.05, 0.1) is 16.7 Å². The smallest absolute Gasteiger partial charge is 0.329 e. The van der Waals surface area contributed by atoms with Gasteiger partial charge in [0.1, 0.15) is 16.8 Å². The summed E-state index contributed by atoms with van der Waals surface area (Å²) in [6.45, 7) is 9.14. The Kier molecular flexibility index (Phi) is 8.79. The van der Waals surface area contributed by atoms with Crippen LogP contribution in [0.4, 0.5) is 0 Å². The zero-order valence-electron chi connectivity index (χ0n) is 20.7. The van der Waals surface area contributed by atoms with Crippen LogP contribution in [-0.2, 0) is 9.53 Å². The van der Waals surface area contributed by atoms with E-state index in [0.717, 1.165) is 29.3 Å². The zero-order chi connectivity index (χ0) is 25.7. The Hall–Kier alpha value is -2.72. The molecule has 0 saturated carbocycles. The van der Waals surface area contributed by atoms with Crippen molar-refractivity contribution in [1.29, 1.82) is 0 Å². The van der Waals surface area contributed by atoms with E-state index >= 15 is 0 Å². The first-order chi connectivity index (χ1) is 17.4. The standard InChI is InChI=1S/C26H32N4O4S2/c1-4-15-35-23-19(7-5-11-27-23)24(31)29-13-9-18(10-14-29)22-28-20(16-36-22)25(32)30-12-6-8-21(30)26(33)34-17(2)3/h4-5,7,11,16-18,21H,1,6,8-10,12-15H2,2-3H3. The number of rotatable bonds is 8. The molecule has 2 aliphatic rings. The van der Waals surface area contributed by atoms with Crippen LogP contribution in [0.2, 0.25) is 0 Å². The number of pyridine rings is 1. The molecule has 8 nitrogen and oxygen atoms in total. The van der Waals surface area contributed by atoms with Crippen LogP contribution in [0.3, 0.4) is 0 Å². The second-order valence-electron chi connectivity index (χ2n) is 9.24. The average molecular weight is 529 g/mol. The Morgan fingerprint density at radius 1 is 1.22 bits per heavy atom. The van der Waals surface area contributed by atoms with Crippen molar-refractivity contribution in [3.8, 4) is 0 Å². The Morgan fingerprint density at radius 2 is 2.00 bits per heavy atom. The molecule has 2 aliphatic heterocycles. The van der Waals surface area contributed by atoms with Gasteiger partial charge in [-0.05, 0) is 51.7 Å². The van der Waals surface area contributed by atoms with E-state index in [4.69, 9.17) is 4.74 Å². The first-order valence-electron chi connectivity index (χ1n) is 12.3. The fourth-order valence-corrected chi connectivity index (χ4v) is 6.28. The molecule has 0 spiro atoms. The number of amides is 2. The molecule has 1 atom stereocenters. The van der Waals surface area contributed by atoms with Gasteiger partial charge in [-0.1, -0.05) is 6.08 Å². The number of thioether (sulfide) groups is 1. The van der Waals surface area contributed by atoms with Gasteiger partial charge in [0.15, 0.2) is 0 Å². The summed E-state index contributed by atoms with van der Waals surface area (Å²) in [5, 5.41) is 3.43. The third-order valence-electron chi connectivity index (χ3n) is 6.35. The second-order valence-corrected chi connectivity index (χ2v) is 11.1. The van der Waals surface area contributed by atoms with Gasteiger partial charge in [-0.25, -0.2) is 14.8 Å². The molecule has 2 fully saturated rings. The van der Waals surface area contributed by atoms with Crippen molar-refractivity contribution in [3.63, 3.8) is 0 Å². The van der Waals surface area contributed by atoms with Gasteiger partial charge in [0, 0.05) is 42.9 Å². The van der Waals surface area contributed by atoms with E-state index in [-0.39, 0.29) is 29.8 Å². The summed E-state index contributed by atoms with van der Waals surface area (Å²) < 4.78 is 5.35. The van der Waals surface area contributed by atoms with Gasteiger partial charge < -0.3 is 14.5 Å². The van der Waals surface area contributed by atoms with Gasteiger partial charge in [0.25, 0.3) is 11.8 Å². The van der Waals surface area contributed by atoms with E-state index in [2.05, 4.69) is 16.5 Å². The first-order valence-corrected chi connectivity index (χ1v) is 14.2. The van der Waals surface area contributed by atoms with Crippen LogP contribution in [-0.4, -0.2) is 75.1 Å². The molecule has 0 radical (unpaired) electrons. The van der Waals surface area contributed by atoms with Gasteiger partial charge in [-0.15, -0.1) is 29.7 Å². The monoisotopic (exact) mass is 528 g/mol. The van der Waals surface area contributed by atoms with Crippen LogP contribution in [0.1, 0.15) is 71.3 Å². The largest absolute Gasteiger partial charge is 0.461 e. The van der Waals surface area contributed by atoms with Crippen molar-refractivity contribution in [2.24, 2.45) is 0 Å². The highest BCUT2D eigenvalue weighted by Gasteiger charge is 2.37. The predicted octanol–water partition coefficient (Wildman–Crippen LogP) is 4.39. The van der Waals surface area contributed by atoms with Crippen LogP contribution in [0.25, 0.3) is 0 Å².